The fraction of sp³-hybridized carbons (Fsp3) is 0.316. The zero-order valence-electron chi connectivity index (χ0n) is 14.1. The summed E-state index contributed by atoms with van der Waals surface area (Å²) >= 11 is 0. The fourth-order valence-electron chi connectivity index (χ4n) is 4.09. The minimum Gasteiger partial charge on any atom is -0.271 e. The van der Waals surface area contributed by atoms with E-state index in [4.69, 9.17) is 5.53 Å². The van der Waals surface area contributed by atoms with Gasteiger partial charge in [-0.25, -0.2) is 0 Å². The van der Waals surface area contributed by atoms with Gasteiger partial charge in [-0.05, 0) is 54.5 Å². The van der Waals surface area contributed by atoms with Crippen molar-refractivity contribution in [1.29, 1.82) is 0 Å². The van der Waals surface area contributed by atoms with Crippen molar-refractivity contribution in [1.82, 2.24) is 9.88 Å². The highest BCUT2D eigenvalue weighted by atomic mass is 16.2. The molecule has 0 bridgehead atoms. The van der Waals surface area contributed by atoms with Crippen LogP contribution in [0.5, 0.6) is 0 Å². The molecule has 0 unspecified atom stereocenters. The largest absolute Gasteiger partial charge is 0.271 e. The lowest BCUT2D eigenvalue weighted by molar-refractivity contribution is 0.0540. The Kier molecular flexibility index (Phi) is 4.14. The Bertz CT molecular complexity index is 900. The Morgan fingerprint density at radius 3 is 2.54 bits per heavy atom. The molecule has 7 heteroatoms. The molecule has 4 rings (SSSR count). The van der Waals surface area contributed by atoms with Crippen LogP contribution in [0, 0.1) is 0 Å². The highest BCUT2D eigenvalue weighted by molar-refractivity contribution is 6.21. The molecule has 0 spiro atoms. The second kappa shape index (κ2) is 6.61. The Labute approximate surface area is 150 Å². The quantitative estimate of drug-likeness (QED) is 0.357. The average Bonchev–Trinajstić information content (AvgIpc) is 2.94. The van der Waals surface area contributed by atoms with E-state index in [0.717, 1.165) is 24.8 Å². The van der Waals surface area contributed by atoms with Crippen LogP contribution in [0.1, 0.15) is 57.9 Å². The number of imide groups is 1. The predicted octanol–water partition coefficient (Wildman–Crippen LogP) is 4.35. The summed E-state index contributed by atoms with van der Waals surface area (Å²) in [6, 6.07) is 8.69. The lowest BCUT2D eigenvalue weighted by Crippen LogP contribution is -2.42. The number of hydrogen-bond donors (Lipinski definition) is 0. The van der Waals surface area contributed by atoms with E-state index >= 15 is 0 Å². The Balaban J connectivity index is 1.62. The van der Waals surface area contributed by atoms with Gasteiger partial charge in [-0.3, -0.25) is 19.5 Å². The molecule has 1 fully saturated rings. The van der Waals surface area contributed by atoms with E-state index in [0.29, 0.717) is 23.2 Å². The summed E-state index contributed by atoms with van der Waals surface area (Å²) < 4.78 is 0. The van der Waals surface area contributed by atoms with Crippen molar-refractivity contribution in [2.75, 3.05) is 0 Å². The first-order valence-electron chi connectivity index (χ1n) is 8.66. The number of carbonyl (C=O) groups excluding carboxylic acids is 2. The normalized spacial score (nSPS) is 22.1. The van der Waals surface area contributed by atoms with E-state index in [9.17, 15) is 9.59 Å². The summed E-state index contributed by atoms with van der Waals surface area (Å²) in [6.45, 7) is 0. The SMILES string of the molecule is [N-]=[N+]=Nc1cnccc1[C@H]1CCC[C@@H](N2C(=O)c3ccccc3C2=O)C1. The van der Waals surface area contributed by atoms with Gasteiger partial charge in [-0.15, -0.1) is 0 Å². The van der Waals surface area contributed by atoms with Gasteiger partial charge in [0.05, 0.1) is 16.8 Å². The monoisotopic (exact) mass is 347 g/mol. The lowest BCUT2D eigenvalue weighted by atomic mass is 9.80. The molecule has 0 N–H and O–H groups in total. The number of nitrogens with zero attached hydrogens (tertiary/aromatic N) is 5. The highest BCUT2D eigenvalue weighted by Crippen LogP contribution is 2.40. The summed E-state index contributed by atoms with van der Waals surface area (Å²) in [6.07, 6.45) is 6.53. The first kappa shape index (κ1) is 16.3. The smallest absolute Gasteiger partial charge is 0.261 e. The number of fused-ring (bicyclic) bond motifs is 1. The molecule has 2 aromatic rings. The molecular weight excluding hydrogens is 330 g/mol. The maximum atomic E-state index is 12.7. The van der Waals surface area contributed by atoms with Gasteiger partial charge in [0.15, 0.2) is 0 Å². The third-order valence-electron chi connectivity index (χ3n) is 5.26. The Morgan fingerprint density at radius 2 is 1.85 bits per heavy atom. The van der Waals surface area contributed by atoms with Gasteiger partial charge < -0.3 is 0 Å². The zero-order valence-corrected chi connectivity index (χ0v) is 14.1. The van der Waals surface area contributed by atoms with Crippen LogP contribution in [0.2, 0.25) is 0 Å². The van der Waals surface area contributed by atoms with Gasteiger partial charge in [0.25, 0.3) is 11.8 Å². The number of hydrogen-bond acceptors (Lipinski definition) is 4. The highest BCUT2D eigenvalue weighted by Gasteiger charge is 2.41. The van der Waals surface area contributed by atoms with Crippen LogP contribution < -0.4 is 0 Å². The van der Waals surface area contributed by atoms with Crippen molar-refractivity contribution in [3.63, 3.8) is 0 Å². The molecule has 1 aliphatic heterocycles. The maximum Gasteiger partial charge on any atom is 0.261 e. The average molecular weight is 347 g/mol. The lowest BCUT2D eigenvalue weighted by Gasteiger charge is -2.34. The van der Waals surface area contributed by atoms with Crippen LogP contribution in [-0.2, 0) is 0 Å². The first-order chi connectivity index (χ1) is 12.7. The predicted molar refractivity (Wildman–Crippen MR) is 95.0 cm³/mol. The van der Waals surface area contributed by atoms with E-state index in [1.54, 1.807) is 36.7 Å². The number of amides is 2. The van der Waals surface area contributed by atoms with Crippen molar-refractivity contribution in [2.45, 2.75) is 37.6 Å². The molecule has 1 aliphatic carbocycles. The van der Waals surface area contributed by atoms with E-state index in [1.165, 1.54) is 4.90 Å². The number of pyridine rings is 1. The van der Waals surface area contributed by atoms with E-state index < -0.39 is 0 Å². The molecule has 0 radical (unpaired) electrons. The minimum atomic E-state index is -0.207. The third kappa shape index (κ3) is 2.62. The Morgan fingerprint density at radius 1 is 1.12 bits per heavy atom. The van der Waals surface area contributed by atoms with Gasteiger partial charge in [0.1, 0.15) is 0 Å². The molecule has 2 heterocycles. The van der Waals surface area contributed by atoms with Crippen LogP contribution in [0.15, 0.2) is 47.8 Å². The maximum absolute atomic E-state index is 12.7. The van der Waals surface area contributed by atoms with Crippen LogP contribution in [0.3, 0.4) is 0 Å². The molecule has 1 saturated carbocycles. The van der Waals surface area contributed by atoms with Crippen LogP contribution in [-0.4, -0.2) is 27.7 Å². The summed E-state index contributed by atoms with van der Waals surface area (Å²) in [5.74, 6) is -0.288. The third-order valence-corrected chi connectivity index (χ3v) is 5.26. The van der Waals surface area contributed by atoms with Crippen molar-refractivity contribution in [3.05, 3.63) is 69.9 Å². The number of benzene rings is 1. The van der Waals surface area contributed by atoms with E-state index in [1.807, 2.05) is 6.07 Å². The van der Waals surface area contributed by atoms with Gasteiger partial charge in [0, 0.05) is 23.3 Å². The molecule has 0 saturated heterocycles. The molecule has 2 aliphatic rings. The molecule has 1 aromatic heterocycles. The van der Waals surface area contributed by atoms with Crippen LogP contribution in [0.25, 0.3) is 10.4 Å². The molecular formula is C19H17N5O2. The van der Waals surface area contributed by atoms with E-state index in [-0.39, 0.29) is 23.8 Å². The summed E-state index contributed by atoms with van der Waals surface area (Å²) in [7, 11) is 0. The summed E-state index contributed by atoms with van der Waals surface area (Å²) in [4.78, 5) is 33.8. The standard InChI is InChI=1S/C19H17N5O2/c20-23-22-17-11-21-9-8-14(17)12-4-3-5-13(10-12)24-18(25)15-6-1-2-7-16(15)19(24)26/h1-2,6-9,11-13H,3-5,10H2/t12-,13+/m0/s1. The molecule has 26 heavy (non-hydrogen) atoms. The summed E-state index contributed by atoms with van der Waals surface area (Å²) in [5.41, 5.74) is 11.2. The topological polar surface area (TPSA) is 99.0 Å². The van der Waals surface area contributed by atoms with Gasteiger partial charge in [-0.1, -0.05) is 23.7 Å². The molecule has 7 nitrogen and oxygen atoms in total. The van der Waals surface area contributed by atoms with Crippen molar-refractivity contribution < 1.29 is 9.59 Å². The zero-order chi connectivity index (χ0) is 18.1. The van der Waals surface area contributed by atoms with Gasteiger partial charge in [-0.2, -0.15) is 0 Å². The van der Waals surface area contributed by atoms with Crippen LogP contribution >= 0.6 is 0 Å². The van der Waals surface area contributed by atoms with E-state index in [2.05, 4.69) is 15.0 Å². The molecule has 130 valence electrons. The number of rotatable bonds is 3. The van der Waals surface area contributed by atoms with Crippen molar-refractivity contribution in [3.8, 4) is 0 Å². The summed E-state index contributed by atoms with van der Waals surface area (Å²) in [5, 5.41) is 3.74. The van der Waals surface area contributed by atoms with Crippen molar-refractivity contribution >= 4 is 17.5 Å². The number of carbonyl (C=O) groups is 2. The fourth-order valence-corrected chi connectivity index (χ4v) is 4.09. The molecule has 2 amide bonds. The second-order valence-electron chi connectivity index (χ2n) is 6.67. The first-order valence-corrected chi connectivity index (χ1v) is 8.66. The van der Waals surface area contributed by atoms with Gasteiger partial charge >= 0.3 is 0 Å². The van der Waals surface area contributed by atoms with Crippen LogP contribution in [0.4, 0.5) is 5.69 Å². The molecule has 2 atom stereocenters. The minimum absolute atomic E-state index is 0.126. The Hall–Kier alpha value is -3.18. The number of aromatic nitrogens is 1. The van der Waals surface area contributed by atoms with Crippen molar-refractivity contribution in [2.24, 2.45) is 5.11 Å². The second-order valence-corrected chi connectivity index (χ2v) is 6.67. The molecule has 1 aromatic carbocycles. The van der Waals surface area contributed by atoms with Gasteiger partial charge in [0.2, 0.25) is 0 Å². The number of azide groups is 1.